The molecule has 2 aromatic rings. The first-order valence-corrected chi connectivity index (χ1v) is 5.99. The molecule has 0 atom stereocenters. The molecule has 112 valence electrons. The summed E-state index contributed by atoms with van der Waals surface area (Å²) in [5.74, 6) is -0.171. The number of aryl methyl sites for hydroxylation is 1. The number of nitrogens with two attached hydrogens (primary N) is 1. The van der Waals surface area contributed by atoms with Crippen LogP contribution in [0.4, 0.5) is 20.2 Å². The van der Waals surface area contributed by atoms with Crippen molar-refractivity contribution in [3.63, 3.8) is 0 Å². The monoisotopic (exact) mass is 296 g/mol. The molecule has 6 nitrogen and oxygen atoms in total. The first-order valence-electron chi connectivity index (χ1n) is 5.99. The van der Waals surface area contributed by atoms with E-state index in [2.05, 4.69) is 10.4 Å². The van der Waals surface area contributed by atoms with Crippen LogP contribution in [0.25, 0.3) is 0 Å². The highest BCUT2D eigenvalue weighted by Gasteiger charge is 2.23. The Hall–Kier alpha value is -2.64. The predicted octanol–water partition coefficient (Wildman–Crippen LogP) is 2.20. The van der Waals surface area contributed by atoms with Crippen LogP contribution in [0.3, 0.4) is 0 Å². The van der Waals surface area contributed by atoms with Gasteiger partial charge in [-0.15, -0.1) is 0 Å². The van der Waals surface area contributed by atoms with E-state index in [1.54, 1.807) is 6.07 Å². The van der Waals surface area contributed by atoms with E-state index in [0.29, 0.717) is 11.4 Å². The Labute approximate surface area is 119 Å². The molecule has 0 aliphatic rings. The summed E-state index contributed by atoms with van der Waals surface area (Å²) < 4.78 is 31.8. The number of carbonyl (C=O) groups is 1. The molecule has 8 heteroatoms. The second kappa shape index (κ2) is 5.78. The largest absolute Gasteiger partial charge is 0.497 e. The molecular formula is C13H14F2N4O2. The number of amides is 1. The number of ether oxygens (including phenoxy) is 1. The zero-order valence-electron chi connectivity index (χ0n) is 11.4. The number of methoxy groups -OCH3 is 1. The van der Waals surface area contributed by atoms with Crippen LogP contribution in [0.15, 0.2) is 24.4 Å². The van der Waals surface area contributed by atoms with Crippen molar-refractivity contribution >= 4 is 17.3 Å². The van der Waals surface area contributed by atoms with Gasteiger partial charge in [-0.3, -0.25) is 9.48 Å². The van der Waals surface area contributed by atoms with E-state index in [9.17, 15) is 13.6 Å². The zero-order valence-corrected chi connectivity index (χ0v) is 11.4. The second-order valence-corrected chi connectivity index (χ2v) is 4.31. The van der Waals surface area contributed by atoms with Gasteiger partial charge < -0.3 is 15.8 Å². The van der Waals surface area contributed by atoms with E-state index in [0.717, 1.165) is 4.68 Å². The van der Waals surface area contributed by atoms with Crippen molar-refractivity contribution in [3.05, 3.63) is 35.7 Å². The maximum atomic E-state index is 12.8. The van der Waals surface area contributed by atoms with E-state index < -0.39 is 18.0 Å². The molecule has 1 aromatic carbocycles. The summed E-state index contributed by atoms with van der Waals surface area (Å²) in [5, 5.41) is 6.06. The first kappa shape index (κ1) is 14.8. The first-order chi connectivity index (χ1) is 9.92. The highest BCUT2D eigenvalue weighted by atomic mass is 19.3. The molecule has 0 aliphatic heterocycles. The summed E-state index contributed by atoms with van der Waals surface area (Å²) in [5.41, 5.74) is 5.58. The number of anilines is 2. The molecule has 1 aromatic heterocycles. The fraction of sp³-hybridized carbons (Fsp3) is 0.231. The summed E-state index contributed by atoms with van der Waals surface area (Å²) in [6.07, 6.45) is -1.60. The maximum absolute atomic E-state index is 12.8. The molecular weight excluding hydrogens is 282 g/mol. The third kappa shape index (κ3) is 3.10. The third-order valence-electron chi connectivity index (χ3n) is 2.82. The number of halogens is 2. The molecule has 1 amide bonds. The molecule has 0 fully saturated rings. The second-order valence-electron chi connectivity index (χ2n) is 4.31. The minimum Gasteiger partial charge on any atom is -0.497 e. The smallest absolute Gasteiger partial charge is 0.282 e. The van der Waals surface area contributed by atoms with Crippen molar-refractivity contribution in [2.75, 3.05) is 18.2 Å². The number of hydrogen-bond acceptors (Lipinski definition) is 4. The number of carbonyl (C=O) groups excluding carboxylic acids is 1. The van der Waals surface area contributed by atoms with Gasteiger partial charge in [0.2, 0.25) is 0 Å². The quantitative estimate of drug-likeness (QED) is 0.847. The Kier molecular flexibility index (Phi) is 4.06. The van der Waals surface area contributed by atoms with Crippen molar-refractivity contribution in [2.24, 2.45) is 7.05 Å². The molecule has 0 saturated carbocycles. The Balaban J connectivity index is 2.26. The molecule has 0 saturated heterocycles. The van der Waals surface area contributed by atoms with Crippen molar-refractivity contribution in [3.8, 4) is 5.75 Å². The molecule has 0 spiro atoms. The van der Waals surface area contributed by atoms with Gasteiger partial charge in [0.15, 0.2) is 0 Å². The molecule has 0 bridgehead atoms. The maximum Gasteiger partial charge on any atom is 0.282 e. The van der Waals surface area contributed by atoms with Crippen molar-refractivity contribution in [1.29, 1.82) is 0 Å². The molecule has 1 heterocycles. The average Bonchev–Trinajstić information content (AvgIpc) is 2.83. The van der Waals surface area contributed by atoms with Gasteiger partial charge >= 0.3 is 0 Å². The third-order valence-corrected chi connectivity index (χ3v) is 2.82. The van der Waals surface area contributed by atoms with Gasteiger partial charge in [0.05, 0.1) is 24.0 Å². The van der Waals surface area contributed by atoms with E-state index in [4.69, 9.17) is 10.5 Å². The molecule has 21 heavy (non-hydrogen) atoms. The number of rotatable bonds is 4. The summed E-state index contributed by atoms with van der Waals surface area (Å²) >= 11 is 0. The fourth-order valence-electron chi connectivity index (χ4n) is 1.81. The summed E-state index contributed by atoms with van der Waals surface area (Å²) in [7, 11) is 2.95. The van der Waals surface area contributed by atoms with Crippen LogP contribution in [0.5, 0.6) is 5.75 Å². The van der Waals surface area contributed by atoms with Crippen LogP contribution >= 0.6 is 0 Å². The van der Waals surface area contributed by atoms with Crippen LogP contribution in [-0.4, -0.2) is 22.8 Å². The number of nitrogen functional groups attached to an aromatic ring is 1. The van der Waals surface area contributed by atoms with Gasteiger partial charge in [-0.05, 0) is 12.1 Å². The van der Waals surface area contributed by atoms with E-state index in [1.807, 2.05) is 0 Å². The van der Waals surface area contributed by atoms with Crippen molar-refractivity contribution in [1.82, 2.24) is 9.78 Å². The van der Waals surface area contributed by atoms with Gasteiger partial charge in [0.25, 0.3) is 12.3 Å². The van der Waals surface area contributed by atoms with Crippen LogP contribution in [-0.2, 0) is 7.05 Å². The minimum atomic E-state index is -2.83. The Morgan fingerprint density at radius 2 is 2.19 bits per heavy atom. The lowest BCUT2D eigenvalue weighted by Gasteiger charge is -2.09. The normalized spacial score (nSPS) is 10.7. The highest BCUT2D eigenvalue weighted by Crippen LogP contribution is 2.26. The fourth-order valence-corrected chi connectivity index (χ4v) is 1.81. The number of nitrogens with one attached hydrogen (secondary N) is 1. The zero-order chi connectivity index (χ0) is 15.6. The predicted molar refractivity (Wildman–Crippen MR) is 73.5 cm³/mol. The molecule has 0 unspecified atom stereocenters. The number of nitrogens with zero attached hydrogens (tertiary/aromatic N) is 2. The summed E-state index contributed by atoms with van der Waals surface area (Å²) in [6, 6.07) is 4.65. The summed E-state index contributed by atoms with van der Waals surface area (Å²) in [6.45, 7) is 0. The molecule has 0 aliphatic carbocycles. The van der Waals surface area contributed by atoms with Gasteiger partial charge in [-0.2, -0.15) is 5.10 Å². The lowest BCUT2D eigenvalue weighted by atomic mass is 10.2. The van der Waals surface area contributed by atoms with Crippen LogP contribution in [0.2, 0.25) is 0 Å². The number of hydrogen-bond donors (Lipinski definition) is 2. The molecule has 2 rings (SSSR count). The molecule has 3 N–H and O–H groups in total. The van der Waals surface area contributed by atoms with Crippen LogP contribution < -0.4 is 15.8 Å². The van der Waals surface area contributed by atoms with Gasteiger partial charge in [0.1, 0.15) is 11.4 Å². The summed E-state index contributed by atoms with van der Waals surface area (Å²) in [4.78, 5) is 12.1. The van der Waals surface area contributed by atoms with Crippen LogP contribution in [0, 0.1) is 0 Å². The van der Waals surface area contributed by atoms with Gasteiger partial charge in [-0.25, -0.2) is 8.78 Å². The van der Waals surface area contributed by atoms with Gasteiger partial charge in [0, 0.05) is 19.3 Å². The number of aromatic nitrogens is 2. The SMILES string of the molecule is COc1ccc(NC(=O)c2cn(C)nc2C(F)F)c(N)c1. The number of alkyl halides is 2. The van der Waals surface area contributed by atoms with Crippen molar-refractivity contribution < 1.29 is 18.3 Å². The topological polar surface area (TPSA) is 82.2 Å². The standard InChI is InChI=1S/C13H14F2N4O2/c1-19-6-8(11(18-19)12(14)15)13(20)17-10-4-3-7(21-2)5-9(10)16/h3-6,12H,16H2,1-2H3,(H,17,20). The van der Waals surface area contributed by atoms with E-state index >= 15 is 0 Å². The minimum absolute atomic E-state index is 0.192. The Morgan fingerprint density at radius 1 is 1.48 bits per heavy atom. The Bertz CT molecular complexity index is 670. The van der Waals surface area contributed by atoms with Gasteiger partial charge in [-0.1, -0.05) is 0 Å². The lowest BCUT2D eigenvalue weighted by molar-refractivity contribution is 0.101. The number of benzene rings is 1. The highest BCUT2D eigenvalue weighted by molar-refractivity contribution is 6.06. The van der Waals surface area contributed by atoms with E-state index in [-0.39, 0.29) is 11.3 Å². The molecule has 0 radical (unpaired) electrons. The van der Waals surface area contributed by atoms with Crippen LogP contribution in [0.1, 0.15) is 22.5 Å². The van der Waals surface area contributed by atoms with Crippen molar-refractivity contribution in [2.45, 2.75) is 6.43 Å². The lowest BCUT2D eigenvalue weighted by Crippen LogP contribution is -2.14. The van der Waals surface area contributed by atoms with E-state index in [1.165, 1.54) is 32.5 Å². The average molecular weight is 296 g/mol. The Morgan fingerprint density at radius 3 is 2.76 bits per heavy atom.